The molecule has 0 N–H and O–H groups in total. The van der Waals surface area contributed by atoms with Gasteiger partial charge in [0.05, 0.1) is 11.8 Å². The van der Waals surface area contributed by atoms with Crippen molar-refractivity contribution < 1.29 is 12.8 Å². The highest BCUT2D eigenvalue weighted by Crippen LogP contribution is 2.20. The van der Waals surface area contributed by atoms with Crippen molar-refractivity contribution in [2.24, 2.45) is 0 Å². The Morgan fingerprint density at radius 2 is 2.11 bits per heavy atom. The summed E-state index contributed by atoms with van der Waals surface area (Å²) in [5, 5.41) is 0.661. The molecule has 6 heteroatoms. The minimum absolute atomic E-state index is 0.101. The molecule has 0 saturated heterocycles. The van der Waals surface area contributed by atoms with Crippen LogP contribution >= 0.6 is 0 Å². The number of hydrogen-bond donors (Lipinski definition) is 0. The summed E-state index contributed by atoms with van der Waals surface area (Å²) >= 11 is 0. The van der Waals surface area contributed by atoms with Gasteiger partial charge < -0.3 is 0 Å². The number of aromatic nitrogens is 1. The van der Waals surface area contributed by atoms with Crippen molar-refractivity contribution >= 4 is 20.9 Å². The monoisotopic (exact) mass is 268 g/mol. The van der Waals surface area contributed by atoms with Gasteiger partial charge in [0, 0.05) is 25.2 Å². The van der Waals surface area contributed by atoms with Crippen LogP contribution < -0.4 is 0 Å². The van der Waals surface area contributed by atoms with Gasteiger partial charge in [-0.05, 0) is 23.8 Å². The van der Waals surface area contributed by atoms with Crippen LogP contribution in [0.5, 0.6) is 0 Å². The smallest absolute Gasteiger partial charge is 0.211 e. The van der Waals surface area contributed by atoms with Crippen LogP contribution in [0, 0.1) is 5.82 Å². The molecule has 0 unspecified atom stereocenters. The van der Waals surface area contributed by atoms with Gasteiger partial charge >= 0.3 is 0 Å². The zero-order valence-electron chi connectivity index (χ0n) is 10.1. The first-order valence-electron chi connectivity index (χ1n) is 5.32. The number of pyridine rings is 1. The molecule has 0 bridgehead atoms. The Balaban J connectivity index is 2.51. The van der Waals surface area contributed by atoms with E-state index in [9.17, 15) is 12.8 Å². The van der Waals surface area contributed by atoms with Gasteiger partial charge in [0.25, 0.3) is 0 Å². The molecular formula is C12H13FN2O2S. The van der Waals surface area contributed by atoms with Crippen molar-refractivity contribution in [2.75, 3.05) is 13.3 Å². The van der Waals surface area contributed by atoms with Gasteiger partial charge in [-0.1, -0.05) is 6.07 Å². The van der Waals surface area contributed by atoms with Crippen LogP contribution in [0.15, 0.2) is 30.5 Å². The van der Waals surface area contributed by atoms with E-state index in [1.54, 1.807) is 18.3 Å². The number of halogens is 1. The summed E-state index contributed by atoms with van der Waals surface area (Å²) in [7, 11) is -1.85. The molecule has 0 aliphatic carbocycles. The second kappa shape index (κ2) is 4.62. The minimum Gasteiger partial charge on any atom is -0.256 e. The fourth-order valence-corrected chi connectivity index (χ4v) is 2.08. The Morgan fingerprint density at radius 1 is 1.39 bits per heavy atom. The molecule has 18 heavy (non-hydrogen) atoms. The van der Waals surface area contributed by atoms with Gasteiger partial charge in [-0.2, -0.15) is 0 Å². The molecule has 0 spiro atoms. The summed E-state index contributed by atoms with van der Waals surface area (Å²) in [5.74, 6) is -0.396. The quantitative estimate of drug-likeness (QED) is 0.852. The topological polar surface area (TPSA) is 50.3 Å². The molecule has 0 amide bonds. The van der Waals surface area contributed by atoms with E-state index in [0.717, 1.165) is 10.6 Å². The average molecular weight is 268 g/mol. The third kappa shape index (κ3) is 2.65. The first kappa shape index (κ1) is 12.9. The second-order valence-corrected chi connectivity index (χ2v) is 6.25. The summed E-state index contributed by atoms with van der Waals surface area (Å²) in [6.45, 7) is 0.101. The van der Waals surface area contributed by atoms with Crippen molar-refractivity contribution in [2.45, 2.75) is 6.54 Å². The van der Waals surface area contributed by atoms with E-state index in [1.807, 2.05) is 0 Å². The zero-order valence-corrected chi connectivity index (χ0v) is 10.9. The summed E-state index contributed by atoms with van der Waals surface area (Å²) in [6, 6.07) is 6.16. The Kier molecular flexibility index (Phi) is 3.32. The molecular weight excluding hydrogens is 255 g/mol. The summed E-state index contributed by atoms with van der Waals surface area (Å²) in [6.07, 6.45) is 2.71. The standard InChI is InChI=1S/C12H13FN2O2S/c1-15(18(2,16)17)8-10-7-11(13)6-9-4-3-5-14-12(9)10/h3-7H,8H2,1-2H3. The number of fused-ring (bicyclic) bond motifs is 1. The molecule has 0 radical (unpaired) electrons. The lowest BCUT2D eigenvalue weighted by molar-refractivity contribution is 0.472. The third-order valence-corrected chi connectivity index (χ3v) is 3.97. The van der Waals surface area contributed by atoms with E-state index in [1.165, 1.54) is 19.2 Å². The molecule has 0 fully saturated rings. The lowest BCUT2D eigenvalue weighted by Gasteiger charge is -2.15. The van der Waals surface area contributed by atoms with Crippen LogP contribution in [-0.2, 0) is 16.6 Å². The molecule has 0 atom stereocenters. The number of nitrogens with zero attached hydrogens (tertiary/aromatic N) is 2. The minimum atomic E-state index is -3.30. The maximum atomic E-state index is 13.4. The molecule has 4 nitrogen and oxygen atoms in total. The van der Waals surface area contributed by atoms with E-state index < -0.39 is 15.8 Å². The molecule has 0 aliphatic heterocycles. The van der Waals surface area contributed by atoms with Crippen molar-refractivity contribution in [1.29, 1.82) is 0 Å². The SMILES string of the molecule is CN(Cc1cc(F)cc2cccnc12)S(C)(=O)=O. The van der Waals surface area contributed by atoms with E-state index in [0.29, 0.717) is 16.5 Å². The number of hydrogen-bond acceptors (Lipinski definition) is 3. The summed E-state index contributed by atoms with van der Waals surface area (Å²) < 4.78 is 37.3. The normalized spacial score (nSPS) is 12.2. The number of rotatable bonds is 3. The maximum absolute atomic E-state index is 13.4. The predicted molar refractivity (Wildman–Crippen MR) is 68.0 cm³/mol. The van der Waals surface area contributed by atoms with Gasteiger partial charge in [-0.25, -0.2) is 17.1 Å². The van der Waals surface area contributed by atoms with Gasteiger partial charge in [-0.15, -0.1) is 0 Å². The molecule has 2 rings (SSSR count). The van der Waals surface area contributed by atoms with Crippen LogP contribution in [0.25, 0.3) is 10.9 Å². The zero-order chi connectivity index (χ0) is 13.3. The average Bonchev–Trinajstić information content (AvgIpc) is 2.27. The Hall–Kier alpha value is -1.53. The van der Waals surface area contributed by atoms with Crippen LogP contribution in [0.2, 0.25) is 0 Å². The van der Waals surface area contributed by atoms with E-state index in [-0.39, 0.29) is 6.54 Å². The molecule has 1 aromatic heterocycles. The molecule has 1 aromatic carbocycles. The second-order valence-electron chi connectivity index (χ2n) is 4.16. The molecule has 1 heterocycles. The third-order valence-electron chi connectivity index (χ3n) is 2.71. The molecule has 0 saturated carbocycles. The Bertz CT molecular complexity index is 686. The van der Waals surface area contributed by atoms with Crippen molar-refractivity contribution in [1.82, 2.24) is 9.29 Å². The lowest BCUT2D eigenvalue weighted by atomic mass is 10.1. The first-order chi connectivity index (χ1) is 8.38. The first-order valence-corrected chi connectivity index (χ1v) is 7.17. The van der Waals surface area contributed by atoms with E-state index in [2.05, 4.69) is 4.98 Å². The highest BCUT2D eigenvalue weighted by molar-refractivity contribution is 7.88. The van der Waals surface area contributed by atoms with Crippen molar-refractivity contribution in [3.05, 3.63) is 41.8 Å². The van der Waals surface area contributed by atoms with Gasteiger partial charge in [0.15, 0.2) is 0 Å². The highest BCUT2D eigenvalue weighted by Gasteiger charge is 2.14. The summed E-state index contributed by atoms with van der Waals surface area (Å²) in [4.78, 5) is 4.17. The Labute approximate surface area is 105 Å². The van der Waals surface area contributed by atoms with Gasteiger partial charge in [-0.3, -0.25) is 4.98 Å². The van der Waals surface area contributed by atoms with E-state index >= 15 is 0 Å². The van der Waals surface area contributed by atoms with Crippen LogP contribution in [0.4, 0.5) is 4.39 Å². The number of sulfonamides is 1. The molecule has 96 valence electrons. The van der Waals surface area contributed by atoms with Crippen LogP contribution in [0.1, 0.15) is 5.56 Å². The molecule has 0 aliphatic rings. The highest BCUT2D eigenvalue weighted by atomic mass is 32.2. The van der Waals surface area contributed by atoms with E-state index in [4.69, 9.17) is 0 Å². The van der Waals surface area contributed by atoms with Crippen molar-refractivity contribution in [3.63, 3.8) is 0 Å². The Morgan fingerprint density at radius 3 is 2.78 bits per heavy atom. The maximum Gasteiger partial charge on any atom is 0.211 e. The molecule has 2 aromatic rings. The predicted octanol–water partition coefficient (Wildman–Crippen LogP) is 1.77. The van der Waals surface area contributed by atoms with Crippen molar-refractivity contribution in [3.8, 4) is 0 Å². The summed E-state index contributed by atoms with van der Waals surface area (Å²) in [5.41, 5.74) is 1.17. The lowest BCUT2D eigenvalue weighted by Crippen LogP contribution is -2.25. The fourth-order valence-electron chi connectivity index (χ4n) is 1.71. The van der Waals surface area contributed by atoms with Crippen LogP contribution in [-0.4, -0.2) is 31.0 Å². The number of benzene rings is 1. The largest absolute Gasteiger partial charge is 0.256 e. The van der Waals surface area contributed by atoms with Crippen LogP contribution in [0.3, 0.4) is 0 Å². The van der Waals surface area contributed by atoms with Gasteiger partial charge in [0.2, 0.25) is 10.0 Å². The fraction of sp³-hybridized carbons (Fsp3) is 0.250. The van der Waals surface area contributed by atoms with Gasteiger partial charge in [0.1, 0.15) is 5.82 Å².